The number of piperazine rings is 1. The van der Waals surface area contributed by atoms with Crippen LogP contribution in [0, 0.1) is 10.1 Å². The summed E-state index contributed by atoms with van der Waals surface area (Å²) in [7, 11) is 0. The predicted molar refractivity (Wildman–Crippen MR) is 81.8 cm³/mol. The third-order valence-corrected chi connectivity index (χ3v) is 3.70. The largest absolute Gasteiger partial charge is 0.336 e. The zero-order valence-corrected chi connectivity index (χ0v) is 13.4. The molecular formula is C11H12BrCl2N3O3. The normalized spacial score (nSPS) is 14.6. The molecule has 0 unspecified atom stereocenters. The van der Waals surface area contributed by atoms with E-state index in [1.54, 1.807) is 4.90 Å². The fraction of sp³-hybridized carbons (Fsp3) is 0.364. The van der Waals surface area contributed by atoms with Crippen molar-refractivity contribution in [3.8, 4) is 0 Å². The number of hydrogen-bond acceptors (Lipinski definition) is 4. The number of carbonyl (C=O) groups is 1. The van der Waals surface area contributed by atoms with Crippen molar-refractivity contribution in [2.45, 2.75) is 0 Å². The topological polar surface area (TPSA) is 75.5 Å². The number of amides is 1. The molecule has 6 nitrogen and oxygen atoms in total. The summed E-state index contributed by atoms with van der Waals surface area (Å²) >= 11 is 9.13. The highest BCUT2D eigenvalue weighted by Crippen LogP contribution is 2.32. The average Bonchev–Trinajstić information content (AvgIpc) is 2.41. The van der Waals surface area contributed by atoms with Gasteiger partial charge < -0.3 is 10.2 Å². The molecule has 0 aliphatic carbocycles. The number of nitro benzene ring substituents is 1. The van der Waals surface area contributed by atoms with Crippen LogP contribution in [-0.2, 0) is 0 Å². The smallest absolute Gasteiger partial charge is 0.289 e. The molecule has 1 aliphatic rings. The van der Waals surface area contributed by atoms with Gasteiger partial charge in [-0.1, -0.05) is 27.5 Å². The molecule has 0 atom stereocenters. The molecule has 0 bridgehead atoms. The molecule has 1 fully saturated rings. The third kappa shape index (κ3) is 3.60. The van der Waals surface area contributed by atoms with Gasteiger partial charge in [-0.25, -0.2) is 0 Å². The number of carbonyl (C=O) groups excluding carboxylic acids is 1. The first-order valence-corrected chi connectivity index (χ1v) is 6.81. The summed E-state index contributed by atoms with van der Waals surface area (Å²) in [6, 6.07) is 2.80. The molecule has 20 heavy (non-hydrogen) atoms. The van der Waals surface area contributed by atoms with Crippen LogP contribution in [0.15, 0.2) is 16.6 Å². The van der Waals surface area contributed by atoms with Gasteiger partial charge in [-0.2, -0.15) is 0 Å². The van der Waals surface area contributed by atoms with Crippen molar-refractivity contribution in [1.29, 1.82) is 0 Å². The maximum atomic E-state index is 12.3. The van der Waals surface area contributed by atoms with Crippen molar-refractivity contribution in [3.63, 3.8) is 0 Å². The fourth-order valence-corrected chi connectivity index (χ4v) is 2.61. The molecule has 1 saturated heterocycles. The quantitative estimate of drug-likeness (QED) is 0.627. The van der Waals surface area contributed by atoms with Gasteiger partial charge in [-0.05, 0) is 6.07 Å². The van der Waals surface area contributed by atoms with E-state index < -0.39 is 4.92 Å². The summed E-state index contributed by atoms with van der Waals surface area (Å²) in [4.78, 5) is 24.2. The van der Waals surface area contributed by atoms with Gasteiger partial charge in [0.05, 0.1) is 10.5 Å². The minimum absolute atomic E-state index is 0. The lowest BCUT2D eigenvalue weighted by atomic mass is 10.1. The van der Waals surface area contributed by atoms with Crippen LogP contribution in [0.1, 0.15) is 10.4 Å². The van der Waals surface area contributed by atoms with E-state index in [1.807, 2.05) is 0 Å². The van der Waals surface area contributed by atoms with Gasteiger partial charge >= 0.3 is 0 Å². The molecule has 0 saturated carbocycles. The van der Waals surface area contributed by atoms with Crippen LogP contribution in [-0.4, -0.2) is 41.9 Å². The first-order valence-electron chi connectivity index (χ1n) is 5.64. The second-order valence-corrected chi connectivity index (χ2v) is 5.38. The van der Waals surface area contributed by atoms with E-state index in [4.69, 9.17) is 11.6 Å². The Labute approximate surface area is 135 Å². The van der Waals surface area contributed by atoms with Crippen molar-refractivity contribution < 1.29 is 9.72 Å². The second kappa shape index (κ2) is 7.21. The number of nitrogens with zero attached hydrogens (tertiary/aromatic N) is 2. The van der Waals surface area contributed by atoms with Crippen LogP contribution in [0.5, 0.6) is 0 Å². The molecule has 2 rings (SSSR count). The van der Waals surface area contributed by atoms with Crippen LogP contribution >= 0.6 is 39.9 Å². The van der Waals surface area contributed by atoms with Gasteiger partial charge in [0.25, 0.3) is 11.6 Å². The number of hydrogen-bond donors (Lipinski definition) is 1. The van der Waals surface area contributed by atoms with E-state index >= 15 is 0 Å². The number of nitrogens with one attached hydrogen (secondary N) is 1. The van der Waals surface area contributed by atoms with E-state index in [0.717, 1.165) is 0 Å². The highest BCUT2D eigenvalue weighted by atomic mass is 79.9. The SMILES string of the molecule is Cl.O=C(c1cc(Br)cc([N+](=O)[O-])c1Cl)N1CCNCC1. The molecule has 0 spiro atoms. The number of nitro groups is 1. The van der Waals surface area contributed by atoms with Crippen LogP contribution in [0.3, 0.4) is 0 Å². The van der Waals surface area contributed by atoms with Crippen LogP contribution in [0.4, 0.5) is 5.69 Å². The molecule has 1 aromatic carbocycles. The second-order valence-electron chi connectivity index (χ2n) is 4.09. The Kier molecular flexibility index (Phi) is 6.19. The minimum atomic E-state index is -0.596. The van der Waals surface area contributed by atoms with Crippen molar-refractivity contribution in [2.24, 2.45) is 0 Å². The van der Waals surface area contributed by atoms with Crippen molar-refractivity contribution in [1.82, 2.24) is 10.2 Å². The number of benzene rings is 1. The van der Waals surface area contributed by atoms with E-state index in [9.17, 15) is 14.9 Å². The summed E-state index contributed by atoms with van der Waals surface area (Å²) in [6.07, 6.45) is 0. The van der Waals surface area contributed by atoms with Gasteiger partial charge in [-0.15, -0.1) is 12.4 Å². The fourth-order valence-electron chi connectivity index (χ4n) is 1.90. The molecule has 1 aliphatic heterocycles. The Morgan fingerprint density at radius 3 is 2.55 bits per heavy atom. The Hall–Kier alpha value is -0.890. The van der Waals surface area contributed by atoms with E-state index in [-0.39, 0.29) is 34.6 Å². The molecule has 1 aromatic rings. The van der Waals surface area contributed by atoms with Gasteiger partial charge in [0, 0.05) is 36.7 Å². The molecule has 1 N–H and O–H groups in total. The lowest BCUT2D eigenvalue weighted by molar-refractivity contribution is -0.384. The summed E-state index contributed by atoms with van der Waals surface area (Å²) in [5.74, 6) is -0.282. The highest BCUT2D eigenvalue weighted by molar-refractivity contribution is 9.10. The molecule has 9 heteroatoms. The lowest BCUT2D eigenvalue weighted by Crippen LogP contribution is -2.46. The Morgan fingerprint density at radius 1 is 1.40 bits per heavy atom. The van der Waals surface area contributed by atoms with Crippen LogP contribution < -0.4 is 5.32 Å². The lowest BCUT2D eigenvalue weighted by Gasteiger charge is -2.27. The Bertz CT molecular complexity index is 536. The van der Waals surface area contributed by atoms with Crippen molar-refractivity contribution >= 4 is 51.5 Å². The standard InChI is InChI=1S/C11H11BrClN3O3.ClH/c12-7-5-8(10(13)9(6-7)16(18)19)11(17)15-3-1-14-2-4-15;/h5-6,14H,1-4H2;1H. The van der Waals surface area contributed by atoms with Crippen molar-refractivity contribution in [3.05, 3.63) is 37.3 Å². The van der Waals surface area contributed by atoms with Gasteiger partial charge in [-0.3, -0.25) is 14.9 Å². The molecule has 110 valence electrons. The zero-order chi connectivity index (χ0) is 14.0. The van der Waals surface area contributed by atoms with Gasteiger partial charge in [0.2, 0.25) is 0 Å². The summed E-state index contributed by atoms with van der Waals surface area (Å²) in [5.41, 5.74) is -0.112. The summed E-state index contributed by atoms with van der Waals surface area (Å²) < 4.78 is 0.460. The first-order chi connectivity index (χ1) is 9.00. The van der Waals surface area contributed by atoms with E-state index in [2.05, 4.69) is 21.2 Å². The first kappa shape index (κ1) is 17.2. The predicted octanol–water partition coefficient (Wildman–Crippen LogP) is 2.48. The maximum Gasteiger partial charge on any atom is 0.289 e. The van der Waals surface area contributed by atoms with Gasteiger partial charge in [0.1, 0.15) is 5.02 Å². The van der Waals surface area contributed by atoms with E-state index in [0.29, 0.717) is 30.7 Å². The van der Waals surface area contributed by atoms with Crippen LogP contribution in [0.2, 0.25) is 5.02 Å². The molecular weight excluding hydrogens is 373 g/mol. The van der Waals surface area contributed by atoms with Gasteiger partial charge in [0.15, 0.2) is 0 Å². The zero-order valence-electron chi connectivity index (χ0n) is 10.3. The summed E-state index contributed by atoms with van der Waals surface area (Å²) in [6.45, 7) is 2.55. The Balaban J connectivity index is 0.00000200. The minimum Gasteiger partial charge on any atom is -0.336 e. The van der Waals surface area contributed by atoms with Crippen molar-refractivity contribution in [2.75, 3.05) is 26.2 Å². The molecule has 1 amide bonds. The maximum absolute atomic E-state index is 12.3. The average molecular weight is 385 g/mol. The molecule has 0 radical (unpaired) electrons. The third-order valence-electron chi connectivity index (χ3n) is 2.85. The van der Waals surface area contributed by atoms with Crippen LogP contribution in [0.25, 0.3) is 0 Å². The van der Waals surface area contributed by atoms with E-state index in [1.165, 1.54) is 12.1 Å². The summed E-state index contributed by atoms with van der Waals surface area (Å²) in [5, 5.41) is 13.9. The molecule has 0 aromatic heterocycles. The molecule has 1 heterocycles. The number of halogens is 3. The Morgan fingerprint density at radius 2 is 2.00 bits per heavy atom. The number of rotatable bonds is 2. The highest BCUT2D eigenvalue weighted by Gasteiger charge is 2.25. The monoisotopic (exact) mass is 383 g/mol.